The summed E-state index contributed by atoms with van der Waals surface area (Å²) in [4.78, 5) is 90.9. The first-order valence-electron chi connectivity index (χ1n) is 18.4. The minimum Gasteiger partial charge on any atom is -0.391 e. The lowest BCUT2D eigenvalue weighted by Crippen LogP contribution is -2.59. The maximum absolute atomic E-state index is 13.7. The first kappa shape index (κ1) is 44.4. The van der Waals surface area contributed by atoms with Crippen molar-refractivity contribution in [2.24, 2.45) is 23.7 Å². The normalized spacial score (nSPS) is 26.3. The fraction of sp³-hybridized carbons (Fsp3) is 0.667. The number of hydrogen-bond donors (Lipinski definition) is 8. The van der Waals surface area contributed by atoms with E-state index in [-0.39, 0.29) is 35.1 Å². The molecule has 0 radical (unpaired) electrons. The van der Waals surface area contributed by atoms with Gasteiger partial charge in [0.2, 0.25) is 23.6 Å². The third-order valence-electron chi connectivity index (χ3n) is 9.66. The molecule has 18 heteroatoms. The summed E-state index contributed by atoms with van der Waals surface area (Å²) in [7, 11) is 0. The van der Waals surface area contributed by atoms with Crippen molar-refractivity contribution in [2.75, 3.05) is 0 Å². The van der Waals surface area contributed by atoms with E-state index >= 15 is 0 Å². The molecule has 6 amide bonds. The molecule has 0 saturated heterocycles. The van der Waals surface area contributed by atoms with Crippen LogP contribution < -0.4 is 31.9 Å². The van der Waals surface area contributed by atoms with Crippen LogP contribution in [0.25, 0.3) is 0 Å². The van der Waals surface area contributed by atoms with Crippen molar-refractivity contribution >= 4 is 58.1 Å². The third-order valence-corrected chi connectivity index (χ3v) is 11.5. The van der Waals surface area contributed by atoms with Crippen LogP contribution >= 0.6 is 22.7 Å². The molecule has 0 aliphatic carbocycles. The van der Waals surface area contributed by atoms with Gasteiger partial charge in [-0.2, -0.15) is 0 Å². The topological polar surface area (TPSA) is 241 Å². The molecule has 1 aliphatic heterocycles. The highest BCUT2D eigenvalue weighted by Crippen LogP contribution is 2.27. The van der Waals surface area contributed by atoms with Crippen molar-refractivity contribution < 1.29 is 39.0 Å². The monoisotopic (exact) mass is 792 g/mol. The standard InChI is InChI=1S/C36H56N8O8S2/c1-11-17(7)25-31(49)43-27(19(9)45)33(51)39-24(16(5)6)36-38-22(14-54-36)30(48)42-26(18(8)12-2)32(50)44-28(20(10)46)34(52)40-23(15(3)4)35-37-21(13-53-35)29(47)41-25/h13-20,23-28,45-46H,11-12H2,1-10H3,(H,39,51)(H,40,52)(H,41,47)(H,42,48)(H,43,49)(H,44,50)/t17-,18-,19+,20+,23+,24+,25+,26+,27-,28-/m0/s1. The smallest absolute Gasteiger partial charge is 0.271 e. The van der Waals surface area contributed by atoms with Gasteiger partial charge < -0.3 is 42.1 Å². The van der Waals surface area contributed by atoms with E-state index in [1.54, 1.807) is 13.8 Å². The van der Waals surface area contributed by atoms with E-state index in [9.17, 15) is 39.0 Å². The van der Waals surface area contributed by atoms with Gasteiger partial charge in [-0.1, -0.05) is 68.2 Å². The number of aliphatic hydroxyl groups is 2. The lowest BCUT2D eigenvalue weighted by molar-refractivity contribution is -0.133. The summed E-state index contributed by atoms with van der Waals surface area (Å²) in [5.74, 6) is -5.36. The van der Waals surface area contributed by atoms with Crippen LogP contribution in [0.3, 0.4) is 0 Å². The van der Waals surface area contributed by atoms with E-state index in [2.05, 4.69) is 41.9 Å². The molecular formula is C36H56N8O8S2. The molecule has 54 heavy (non-hydrogen) atoms. The van der Waals surface area contributed by atoms with E-state index in [0.717, 1.165) is 22.7 Å². The van der Waals surface area contributed by atoms with Crippen LogP contribution in [-0.4, -0.2) is 92.0 Å². The molecular weight excluding hydrogens is 737 g/mol. The van der Waals surface area contributed by atoms with Gasteiger partial charge in [0.15, 0.2) is 0 Å². The van der Waals surface area contributed by atoms with Crippen LogP contribution in [0.4, 0.5) is 0 Å². The van der Waals surface area contributed by atoms with Gasteiger partial charge in [0.1, 0.15) is 45.6 Å². The number of carbonyl (C=O) groups excluding carboxylic acids is 6. The Morgan fingerprint density at radius 2 is 0.815 bits per heavy atom. The zero-order valence-corrected chi connectivity index (χ0v) is 34.2. The van der Waals surface area contributed by atoms with E-state index in [1.807, 2.05) is 41.5 Å². The van der Waals surface area contributed by atoms with Crippen molar-refractivity contribution in [3.05, 3.63) is 32.2 Å². The maximum Gasteiger partial charge on any atom is 0.271 e. The number of amides is 6. The first-order chi connectivity index (χ1) is 25.3. The van der Waals surface area contributed by atoms with Crippen molar-refractivity contribution in [2.45, 2.75) is 131 Å². The van der Waals surface area contributed by atoms with E-state index in [1.165, 1.54) is 24.6 Å². The molecule has 8 N–H and O–H groups in total. The number of thiazole rings is 2. The number of aliphatic hydroxyl groups excluding tert-OH is 2. The highest BCUT2D eigenvalue weighted by Gasteiger charge is 2.37. The zero-order valence-electron chi connectivity index (χ0n) is 32.6. The molecule has 0 unspecified atom stereocenters. The average molecular weight is 793 g/mol. The Morgan fingerprint density at radius 3 is 1.09 bits per heavy atom. The van der Waals surface area contributed by atoms with Gasteiger partial charge >= 0.3 is 0 Å². The lowest BCUT2D eigenvalue weighted by Gasteiger charge is -2.29. The molecule has 0 spiro atoms. The summed E-state index contributed by atoms with van der Waals surface area (Å²) in [6.45, 7) is 17.3. The Morgan fingerprint density at radius 1 is 0.519 bits per heavy atom. The molecule has 16 nitrogen and oxygen atoms in total. The first-order valence-corrected chi connectivity index (χ1v) is 20.2. The van der Waals surface area contributed by atoms with Crippen LogP contribution in [0.5, 0.6) is 0 Å². The average Bonchev–Trinajstić information content (AvgIpc) is 3.81. The number of nitrogens with one attached hydrogen (secondary N) is 6. The Hall–Kier alpha value is -4.00. The summed E-state index contributed by atoms with van der Waals surface area (Å²) < 4.78 is 0. The Labute approximate surface area is 324 Å². The van der Waals surface area contributed by atoms with E-state index < -0.39 is 83.9 Å². The number of fused-ring (bicyclic) bond motifs is 4. The molecule has 300 valence electrons. The number of hydrogen-bond acceptors (Lipinski definition) is 12. The fourth-order valence-electron chi connectivity index (χ4n) is 5.71. The highest BCUT2D eigenvalue weighted by molar-refractivity contribution is 7.10. The highest BCUT2D eigenvalue weighted by atomic mass is 32.1. The largest absolute Gasteiger partial charge is 0.391 e. The number of aromatic nitrogens is 2. The van der Waals surface area contributed by atoms with Gasteiger partial charge in [-0.05, 0) is 37.5 Å². The number of carbonyl (C=O) groups is 6. The van der Waals surface area contributed by atoms with Crippen LogP contribution in [0.15, 0.2) is 10.8 Å². The van der Waals surface area contributed by atoms with E-state index in [0.29, 0.717) is 22.9 Å². The Balaban J connectivity index is 2.13. The van der Waals surface area contributed by atoms with Crippen LogP contribution in [0.2, 0.25) is 0 Å². The SMILES string of the molecule is CC[C@H](C)[C@H]1NC(=O)c2csc(n2)[C@@H](C(C)C)NC(=O)[C@H]([C@@H](C)O)NC(=O)[C@@H]([C@@H](C)CC)NC(=O)c2csc(n2)[C@@H](C(C)C)NC(=O)[C@H]([C@@H](C)O)NC1=O. The van der Waals surface area contributed by atoms with Crippen molar-refractivity contribution in [1.82, 2.24) is 41.9 Å². The molecule has 2 aromatic heterocycles. The summed E-state index contributed by atoms with van der Waals surface area (Å²) >= 11 is 2.22. The Bertz CT molecular complexity index is 1520. The quantitative estimate of drug-likeness (QED) is 0.193. The second kappa shape index (κ2) is 19.5. The van der Waals surface area contributed by atoms with Gasteiger partial charge in [0.05, 0.1) is 24.3 Å². The lowest BCUT2D eigenvalue weighted by atomic mass is 9.97. The van der Waals surface area contributed by atoms with Crippen molar-refractivity contribution in [3.8, 4) is 0 Å². The number of rotatable bonds is 8. The molecule has 3 heterocycles. The van der Waals surface area contributed by atoms with Gasteiger partial charge in [-0.3, -0.25) is 28.8 Å². The second-order valence-corrected chi connectivity index (χ2v) is 16.5. The predicted octanol–water partition coefficient (Wildman–Crippen LogP) is 1.96. The molecule has 0 aromatic carbocycles. The molecule has 4 bridgehead atoms. The summed E-state index contributed by atoms with van der Waals surface area (Å²) in [5.41, 5.74) is -0.0178. The van der Waals surface area contributed by atoms with Gasteiger partial charge in [0.25, 0.3) is 11.8 Å². The van der Waals surface area contributed by atoms with Crippen molar-refractivity contribution in [1.29, 1.82) is 0 Å². The molecule has 1 aliphatic rings. The summed E-state index contributed by atoms with van der Waals surface area (Å²) in [6.07, 6.45) is -1.68. The fourth-order valence-corrected chi connectivity index (χ4v) is 7.76. The van der Waals surface area contributed by atoms with Crippen LogP contribution in [0.1, 0.15) is 125 Å². The molecule has 3 rings (SSSR count). The molecule has 0 saturated carbocycles. The summed E-state index contributed by atoms with van der Waals surface area (Å²) in [5, 5.41) is 41.5. The number of nitrogens with zero attached hydrogens (tertiary/aromatic N) is 2. The molecule has 2 aromatic rings. The minimum atomic E-state index is -1.41. The van der Waals surface area contributed by atoms with E-state index in [4.69, 9.17) is 0 Å². The minimum absolute atomic E-state index is 0.00890. The van der Waals surface area contributed by atoms with Crippen molar-refractivity contribution in [3.63, 3.8) is 0 Å². The molecule has 10 atom stereocenters. The zero-order chi connectivity index (χ0) is 40.6. The van der Waals surface area contributed by atoms with Crippen LogP contribution in [-0.2, 0) is 19.2 Å². The Kier molecular flexibility index (Phi) is 16.1. The second-order valence-electron chi connectivity index (χ2n) is 14.7. The molecule has 0 fully saturated rings. The third kappa shape index (κ3) is 11.0. The summed E-state index contributed by atoms with van der Waals surface area (Å²) in [6, 6.07) is -6.49. The predicted molar refractivity (Wildman–Crippen MR) is 204 cm³/mol. The van der Waals surface area contributed by atoms with Gasteiger partial charge in [-0.15, -0.1) is 22.7 Å². The van der Waals surface area contributed by atoms with Gasteiger partial charge in [-0.25, -0.2) is 9.97 Å². The van der Waals surface area contributed by atoms with Gasteiger partial charge in [0, 0.05) is 10.8 Å². The van der Waals surface area contributed by atoms with Crippen LogP contribution in [0, 0.1) is 23.7 Å². The maximum atomic E-state index is 13.7.